The van der Waals surface area contributed by atoms with Crippen LogP contribution in [0.1, 0.15) is 41.9 Å². The largest absolute Gasteiger partial charge is 0.493 e. The van der Waals surface area contributed by atoms with E-state index in [4.69, 9.17) is 23.4 Å². The molecule has 0 saturated heterocycles. The minimum atomic E-state index is -0.686. The van der Waals surface area contributed by atoms with E-state index in [0.29, 0.717) is 22.8 Å². The van der Waals surface area contributed by atoms with Crippen LogP contribution in [0.25, 0.3) is 0 Å². The zero-order chi connectivity index (χ0) is 23.3. The van der Waals surface area contributed by atoms with Crippen molar-refractivity contribution >= 4 is 34.2 Å². The van der Waals surface area contributed by atoms with Crippen molar-refractivity contribution in [3.8, 4) is 11.5 Å². The molecule has 9 nitrogen and oxygen atoms in total. The molecular weight excluding hydrogens is 438 g/mol. The van der Waals surface area contributed by atoms with Gasteiger partial charge >= 0.3 is 11.9 Å². The first-order valence-corrected chi connectivity index (χ1v) is 10.2. The van der Waals surface area contributed by atoms with Gasteiger partial charge in [0.1, 0.15) is 22.2 Å². The molecule has 0 bridgehead atoms. The van der Waals surface area contributed by atoms with Gasteiger partial charge in [0.2, 0.25) is 0 Å². The molecule has 0 atom stereocenters. The van der Waals surface area contributed by atoms with Crippen LogP contribution in [-0.4, -0.2) is 39.2 Å². The molecule has 2 heterocycles. The molecule has 168 valence electrons. The Labute approximate surface area is 187 Å². The Hall–Kier alpha value is -3.79. The summed E-state index contributed by atoms with van der Waals surface area (Å²) in [5.74, 6) is -0.388. The van der Waals surface area contributed by atoms with Crippen LogP contribution in [0.4, 0.5) is 5.00 Å². The molecule has 0 spiro atoms. The lowest BCUT2D eigenvalue weighted by Gasteiger charge is -2.08. The molecule has 10 heteroatoms. The Morgan fingerprint density at radius 2 is 1.66 bits per heavy atom. The monoisotopic (exact) mass is 459 g/mol. The van der Waals surface area contributed by atoms with E-state index < -0.39 is 17.8 Å². The summed E-state index contributed by atoms with van der Waals surface area (Å²) >= 11 is 0.916. The highest BCUT2D eigenvalue weighted by atomic mass is 32.1. The molecule has 0 aliphatic carbocycles. The number of anilines is 1. The molecular formula is C22H21NO8S. The summed E-state index contributed by atoms with van der Waals surface area (Å²) in [5, 5.41) is 2.76. The van der Waals surface area contributed by atoms with Crippen molar-refractivity contribution in [2.45, 2.75) is 13.5 Å². The fraction of sp³-hybridized carbons (Fsp3) is 0.227. The van der Waals surface area contributed by atoms with Gasteiger partial charge in [0, 0.05) is 0 Å². The lowest BCUT2D eigenvalue weighted by molar-refractivity contribution is 0.0601. The number of rotatable bonds is 8. The van der Waals surface area contributed by atoms with Crippen molar-refractivity contribution in [3.63, 3.8) is 0 Å². The van der Waals surface area contributed by atoms with E-state index in [1.807, 2.05) is 12.1 Å². The van der Waals surface area contributed by atoms with E-state index in [1.54, 1.807) is 25.1 Å². The maximum absolute atomic E-state index is 12.7. The molecule has 32 heavy (non-hydrogen) atoms. The Morgan fingerprint density at radius 3 is 2.31 bits per heavy atom. The molecule has 0 unspecified atom stereocenters. The number of carbonyl (C=O) groups excluding carboxylic acids is 3. The highest BCUT2D eigenvalue weighted by Crippen LogP contribution is 2.34. The van der Waals surface area contributed by atoms with Crippen molar-refractivity contribution in [2.24, 2.45) is 0 Å². The molecule has 0 aliphatic heterocycles. The molecule has 1 N–H and O–H groups in total. The predicted octanol–water partition coefficient (Wildman–Crippen LogP) is 4.06. The number of esters is 2. The third kappa shape index (κ3) is 4.75. The van der Waals surface area contributed by atoms with E-state index in [9.17, 15) is 14.4 Å². The second-order valence-corrected chi connectivity index (χ2v) is 7.42. The van der Waals surface area contributed by atoms with Gasteiger partial charge in [-0.3, -0.25) is 4.79 Å². The van der Waals surface area contributed by atoms with Crippen LogP contribution in [0, 0.1) is 6.92 Å². The number of para-hydroxylation sites is 2. The number of carbonyl (C=O) groups is 3. The quantitative estimate of drug-likeness (QED) is 0.502. The van der Waals surface area contributed by atoms with Crippen LogP contribution < -0.4 is 14.8 Å². The molecule has 3 aromatic rings. The molecule has 2 aromatic heterocycles. The minimum absolute atomic E-state index is 0.00473. The van der Waals surface area contributed by atoms with Gasteiger partial charge in [0.15, 0.2) is 17.3 Å². The topological polar surface area (TPSA) is 113 Å². The first-order chi connectivity index (χ1) is 15.4. The maximum Gasteiger partial charge on any atom is 0.348 e. The third-order valence-corrected chi connectivity index (χ3v) is 5.65. The van der Waals surface area contributed by atoms with Gasteiger partial charge in [-0.25, -0.2) is 9.59 Å². The van der Waals surface area contributed by atoms with Gasteiger partial charge in [-0.05, 0) is 36.8 Å². The number of furan rings is 1. The van der Waals surface area contributed by atoms with Gasteiger partial charge in [-0.1, -0.05) is 12.1 Å². The molecule has 3 rings (SSSR count). The fourth-order valence-electron chi connectivity index (χ4n) is 2.87. The SMILES string of the molecule is COC(=O)c1sc(NC(=O)c2ccc(COc3ccccc3OC)o2)c(C(=O)OC)c1C. The zero-order valence-corrected chi connectivity index (χ0v) is 18.7. The number of hydrogen-bond donors (Lipinski definition) is 1. The number of thiophene rings is 1. The lowest BCUT2D eigenvalue weighted by Crippen LogP contribution is -2.13. The fourth-order valence-corrected chi connectivity index (χ4v) is 3.97. The lowest BCUT2D eigenvalue weighted by atomic mass is 10.1. The Morgan fingerprint density at radius 1 is 0.969 bits per heavy atom. The maximum atomic E-state index is 12.7. The first kappa shape index (κ1) is 22.9. The summed E-state index contributed by atoms with van der Waals surface area (Å²) in [4.78, 5) is 37.1. The van der Waals surface area contributed by atoms with Crippen LogP contribution in [0.5, 0.6) is 11.5 Å². The van der Waals surface area contributed by atoms with Gasteiger partial charge in [0.25, 0.3) is 5.91 Å². The normalized spacial score (nSPS) is 10.4. The average Bonchev–Trinajstić information content (AvgIpc) is 3.41. The van der Waals surface area contributed by atoms with Crippen molar-refractivity contribution in [2.75, 3.05) is 26.6 Å². The molecule has 1 amide bonds. The van der Waals surface area contributed by atoms with E-state index in [-0.39, 0.29) is 27.8 Å². The summed E-state index contributed by atoms with van der Waals surface area (Å²) in [5.41, 5.74) is 0.437. The van der Waals surface area contributed by atoms with Crippen LogP contribution in [-0.2, 0) is 16.1 Å². The first-order valence-electron chi connectivity index (χ1n) is 9.35. The van der Waals surface area contributed by atoms with E-state index in [0.717, 1.165) is 11.3 Å². The summed E-state index contributed by atoms with van der Waals surface area (Å²) in [6.45, 7) is 1.65. The number of methoxy groups -OCH3 is 3. The molecule has 0 radical (unpaired) electrons. The third-order valence-electron chi connectivity index (χ3n) is 4.46. The smallest absolute Gasteiger partial charge is 0.348 e. The minimum Gasteiger partial charge on any atom is -0.493 e. The summed E-state index contributed by atoms with van der Waals surface area (Å²) in [6, 6.07) is 10.2. The van der Waals surface area contributed by atoms with Crippen molar-refractivity contribution in [1.29, 1.82) is 0 Å². The second-order valence-electron chi connectivity index (χ2n) is 6.40. The highest BCUT2D eigenvalue weighted by molar-refractivity contribution is 7.18. The number of ether oxygens (including phenoxy) is 4. The second kappa shape index (κ2) is 10.0. The molecule has 0 saturated carbocycles. The van der Waals surface area contributed by atoms with Gasteiger partial charge < -0.3 is 28.7 Å². The van der Waals surface area contributed by atoms with Crippen LogP contribution >= 0.6 is 11.3 Å². The highest BCUT2D eigenvalue weighted by Gasteiger charge is 2.27. The number of amides is 1. The van der Waals surface area contributed by atoms with E-state index >= 15 is 0 Å². The van der Waals surface area contributed by atoms with Crippen LogP contribution in [0.15, 0.2) is 40.8 Å². The van der Waals surface area contributed by atoms with Gasteiger partial charge in [0.05, 0.1) is 26.9 Å². The summed E-state index contributed by atoms with van der Waals surface area (Å²) < 4.78 is 26.0. The van der Waals surface area contributed by atoms with Gasteiger partial charge in [-0.15, -0.1) is 11.3 Å². The van der Waals surface area contributed by atoms with Crippen LogP contribution in [0.3, 0.4) is 0 Å². The molecule has 1 aromatic carbocycles. The van der Waals surface area contributed by atoms with Gasteiger partial charge in [-0.2, -0.15) is 0 Å². The zero-order valence-electron chi connectivity index (χ0n) is 17.8. The Bertz CT molecular complexity index is 1150. The molecule has 0 aliphatic rings. The predicted molar refractivity (Wildman–Crippen MR) is 116 cm³/mol. The van der Waals surface area contributed by atoms with E-state index in [1.165, 1.54) is 27.4 Å². The number of nitrogens with one attached hydrogen (secondary N) is 1. The van der Waals surface area contributed by atoms with Crippen LogP contribution in [0.2, 0.25) is 0 Å². The Kier molecular flexibility index (Phi) is 7.16. The number of benzene rings is 1. The Balaban J connectivity index is 1.76. The standard InChI is InChI=1S/C22H21NO8S/c1-12-17(21(25)28-3)20(32-18(12)22(26)29-4)23-19(24)16-10-9-13(31-16)11-30-15-8-6-5-7-14(15)27-2/h5-10H,11H2,1-4H3,(H,23,24). The van der Waals surface area contributed by atoms with E-state index in [2.05, 4.69) is 5.32 Å². The van der Waals surface area contributed by atoms with Crippen molar-refractivity contribution in [1.82, 2.24) is 0 Å². The molecule has 0 fully saturated rings. The number of hydrogen-bond acceptors (Lipinski definition) is 9. The summed E-state index contributed by atoms with van der Waals surface area (Å²) in [7, 11) is 3.98. The van der Waals surface area contributed by atoms with Crippen molar-refractivity contribution < 1.29 is 37.7 Å². The van der Waals surface area contributed by atoms with Crippen molar-refractivity contribution in [3.05, 3.63) is 63.9 Å². The summed E-state index contributed by atoms with van der Waals surface area (Å²) in [6.07, 6.45) is 0. The average molecular weight is 459 g/mol.